The minimum atomic E-state index is -0.267. The van der Waals surface area contributed by atoms with Crippen LogP contribution in [0.15, 0.2) is 35.2 Å². The van der Waals surface area contributed by atoms with E-state index >= 15 is 0 Å². The van der Waals surface area contributed by atoms with Crippen LogP contribution in [-0.2, 0) is 5.41 Å². The lowest BCUT2D eigenvalue weighted by molar-refractivity contribution is 0.103. The predicted molar refractivity (Wildman–Crippen MR) is 71.7 cm³/mol. The van der Waals surface area contributed by atoms with E-state index in [9.17, 15) is 4.79 Å². The zero-order valence-corrected chi connectivity index (χ0v) is 11.0. The molecule has 0 aliphatic heterocycles. The van der Waals surface area contributed by atoms with Crippen LogP contribution in [0, 0.1) is 0 Å². The van der Waals surface area contributed by atoms with Crippen LogP contribution in [-0.4, -0.2) is 15.4 Å². The summed E-state index contributed by atoms with van der Waals surface area (Å²) in [5.74, 6) is 0.101. The lowest BCUT2D eigenvalue weighted by Gasteiger charge is -2.20. The average Bonchev–Trinajstić information content (AvgIpc) is 2.93. The molecular formula is C14H12N2OS. The molecule has 0 bridgehead atoms. The van der Waals surface area contributed by atoms with Gasteiger partial charge in [0, 0.05) is 21.9 Å². The molecule has 1 heterocycles. The Hall–Kier alpha value is -1.81. The summed E-state index contributed by atoms with van der Waals surface area (Å²) in [6, 6.07) is 7.79. The molecule has 2 aromatic rings. The highest BCUT2D eigenvalue weighted by Crippen LogP contribution is 2.42. The molecule has 1 aromatic heterocycles. The Morgan fingerprint density at radius 3 is 2.72 bits per heavy atom. The second-order valence-electron chi connectivity index (χ2n) is 4.89. The molecule has 0 amide bonds. The van der Waals surface area contributed by atoms with Gasteiger partial charge < -0.3 is 0 Å². The Bertz CT molecular complexity index is 642. The highest BCUT2D eigenvalue weighted by Gasteiger charge is 2.40. The molecule has 0 spiro atoms. The number of ketones is 1. The van der Waals surface area contributed by atoms with Crippen LogP contribution < -0.4 is 0 Å². The van der Waals surface area contributed by atoms with Crippen molar-refractivity contribution in [1.29, 1.82) is 0 Å². The number of aromatic nitrogens is 2. The SMILES string of the molecule is CC1(C)C(=Cc2csnn2)C(=O)c2ccccc21. The smallest absolute Gasteiger partial charge is 0.190 e. The van der Waals surface area contributed by atoms with Gasteiger partial charge in [0.05, 0.1) is 5.69 Å². The van der Waals surface area contributed by atoms with Gasteiger partial charge in [0.1, 0.15) is 0 Å². The summed E-state index contributed by atoms with van der Waals surface area (Å²) in [5, 5.41) is 5.83. The third kappa shape index (κ3) is 1.53. The standard InChI is InChI=1S/C14H12N2OS/c1-14(2)11-6-4-3-5-10(11)13(17)12(14)7-9-8-18-16-15-9/h3-8H,1-2H3. The van der Waals surface area contributed by atoms with E-state index < -0.39 is 0 Å². The lowest BCUT2D eigenvalue weighted by atomic mass is 9.82. The van der Waals surface area contributed by atoms with Crippen LogP contribution in [0.4, 0.5) is 0 Å². The first-order valence-electron chi connectivity index (χ1n) is 5.74. The van der Waals surface area contributed by atoms with Crippen molar-refractivity contribution >= 4 is 23.4 Å². The van der Waals surface area contributed by atoms with Crippen LogP contribution in [0.2, 0.25) is 0 Å². The third-order valence-corrected chi connectivity index (χ3v) is 3.95. The number of benzene rings is 1. The maximum atomic E-state index is 12.4. The molecule has 0 radical (unpaired) electrons. The fourth-order valence-corrected chi connectivity index (χ4v) is 2.84. The van der Waals surface area contributed by atoms with Gasteiger partial charge in [0.2, 0.25) is 0 Å². The Morgan fingerprint density at radius 2 is 2.06 bits per heavy atom. The van der Waals surface area contributed by atoms with Gasteiger partial charge in [0.25, 0.3) is 0 Å². The molecule has 1 aliphatic rings. The van der Waals surface area contributed by atoms with E-state index in [1.54, 1.807) is 0 Å². The fraction of sp³-hybridized carbons (Fsp3) is 0.214. The molecule has 3 rings (SSSR count). The van der Waals surface area contributed by atoms with Gasteiger partial charge >= 0.3 is 0 Å². The molecule has 4 heteroatoms. The largest absolute Gasteiger partial charge is 0.289 e. The quantitative estimate of drug-likeness (QED) is 0.736. The van der Waals surface area contributed by atoms with E-state index in [2.05, 4.69) is 23.4 Å². The van der Waals surface area contributed by atoms with E-state index in [4.69, 9.17) is 0 Å². The highest BCUT2D eigenvalue weighted by molar-refractivity contribution is 7.03. The third-order valence-electron chi connectivity index (χ3n) is 3.43. The maximum Gasteiger partial charge on any atom is 0.190 e. The summed E-state index contributed by atoms with van der Waals surface area (Å²) in [4.78, 5) is 12.4. The molecule has 90 valence electrons. The van der Waals surface area contributed by atoms with Gasteiger partial charge in [-0.2, -0.15) is 0 Å². The number of nitrogens with zero attached hydrogens (tertiary/aromatic N) is 2. The molecule has 0 saturated carbocycles. The number of carbonyl (C=O) groups is 1. The van der Waals surface area contributed by atoms with Crippen molar-refractivity contribution in [3.05, 3.63) is 52.0 Å². The van der Waals surface area contributed by atoms with Crippen molar-refractivity contribution < 1.29 is 4.79 Å². The number of rotatable bonds is 1. The van der Waals surface area contributed by atoms with Crippen LogP contribution in [0.3, 0.4) is 0 Å². The average molecular weight is 256 g/mol. The zero-order chi connectivity index (χ0) is 12.8. The summed E-state index contributed by atoms with van der Waals surface area (Å²) in [5.41, 5.74) is 3.17. The summed E-state index contributed by atoms with van der Waals surface area (Å²) in [6.45, 7) is 4.14. The zero-order valence-electron chi connectivity index (χ0n) is 10.2. The molecule has 0 unspecified atom stereocenters. The van der Waals surface area contributed by atoms with Gasteiger partial charge in [0.15, 0.2) is 5.78 Å². The van der Waals surface area contributed by atoms with Crippen LogP contribution in [0.1, 0.15) is 35.5 Å². The summed E-state index contributed by atoms with van der Waals surface area (Å²) >= 11 is 1.29. The Labute approximate surface area is 109 Å². The first-order valence-corrected chi connectivity index (χ1v) is 6.58. The van der Waals surface area contributed by atoms with Crippen LogP contribution in [0.5, 0.6) is 0 Å². The normalized spacial score (nSPS) is 19.2. The number of fused-ring (bicyclic) bond motifs is 1. The topological polar surface area (TPSA) is 42.9 Å². The van der Waals surface area contributed by atoms with Crippen molar-refractivity contribution in [2.45, 2.75) is 19.3 Å². The molecule has 1 aliphatic carbocycles. The van der Waals surface area contributed by atoms with Crippen molar-refractivity contribution in [2.75, 3.05) is 0 Å². The Kier molecular flexibility index (Phi) is 2.41. The van der Waals surface area contributed by atoms with Crippen molar-refractivity contribution in [2.24, 2.45) is 0 Å². The second kappa shape index (κ2) is 3.85. The van der Waals surface area contributed by atoms with Gasteiger partial charge in [-0.05, 0) is 23.2 Å². The molecule has 0 N–H and O–H groups in total. The van der Waals surface area contributed by atoms with Crippen molar-refractivity contribution in [3.8, 4) is 0 Å². The second-order valence-corrected chi connectivity index (χ2v) is 5.50. The first-order chi connectivity index (χ1) is 8.60. The lowest BCUT2D eigenvalue weighted by Crippen LogP contribution is -2.16. The Balaban J connectivity index is 2.18. The van der Waals surface area contributed by atoms with E-state index in [1.807, 2.05) is 35.7 Å². The number of hydrogen-bond acceptors (Lipinski definition) is 4. The fourth-order valence-electron chi connectivity index (χ4n) is 2.43. The maximum absolute atomic E-state index is 12.4. The van der Waals surface area contributed by atoms with Crippen LogP contribution >= 0.6 is 11.5 Å². The summed E-state index contributed by atoms with van der Waals surface area (Å²) < 4.78 is 3.82. The number of carbonyl (C=O) groups excluding carboxylic acids is 1. The van der Waals surface area contributed by atoms with E-state index in [0.29, 0.717) is 0 Å². The number of Topliss-reactive ketones (excluding diaryl/α,β-unsaturated/α-hetero) is 1. The molecule has 0 saturated heterocycles. The molecule has 0 atom stereocenters. The van der Waals surface area contributed by atoms with Crippen molar-refractivity contribution in [3.63, 3.8) is 0 Å². The monoisotopic (exact) mass is 256 g/mol. The predicted octanol–water partition coefficient (Wildman–Crippen LogP) is 3.10. The number of allylic oxidation sites excluding steroid dienone is 1. The van der Waals surface area contributed by atoms with E-state index in [1.165, 1.54) is 11.5 Å². The van der Waals surface area contributed by atoms with Gasteiger partial charge in [-0.15, -0.1) is 5.10 Å². The van der Waals surface area contributed by atoms with Crippen LogP contribution in [0.25, 0.3) is 6.08 Å². The Morgan fingerprint density at radius 1 is 1.28 bits per heavy atom. The minimum Gasteiger partial charge on any atom is -0.289 e. The molecule has 1 aromatic carbocycles. The molecule has 0 fully saturated rings. The minimum absolute atomic E-state index is 0.101. The summed E-state index contributed by atoms with van der Waals surface area (Å²) in [6.07, 6.45) is 1.85. The number of hydrogen-bond donors (Lipinski definition) is 0. The van der Waals surface area contributed by atoms with Crippen molar-refractivity contribution in [1.82, 2.24) is 9.59 Å². The molecular weight excluding hydrogens is 244 g/mol. The van der Waals surface area contributed by atoms with E-state index in [-0.39, 0.29) is 11.2 Å². The van der Waals surface area contributed by atoms with Gasteiger partial charge in [-0.3, -0.25) is 4.79 Å². The van der Waals surface area contributed by atoms with Gasteiger partial charge in [-0.1, -0.05) is 42.6 Å². The molecule has 18 heavy (non-hydrogen) atoms. The molecule has 3 nitrogen and oxygen atoms in total. The van der Waals surface area contributed by atoms with Gasteiger partial charge in [-0.25, -0.2) is 0 Å². The van der Waals surface area contributed by atoms with E-state index in [0.717, 1.165) is 22.4 Å². The highest BCUT2D eigenvalue weighted by atomic mass is 32.1. The summed E-state index contributed by atoms with van der Waals surface area (Å²) in [7, 11) is 0. The first kappa shape index (κ1) is 11.3.